The van der Waals surface area contributed by atoms with Crippen LogP contribution in [0.5, 0.6) is 5.75 Å². The molecule has 1 atom stereocenters. The maximum Gasteiger partial charge on any atom is 0.329 e. The van der Waals surface area contributed by atoms with Crippen LogP contribution in [0.1, 0.15) is 43.7 Å². The van der Waals surface area contributed by atoms with Crippen molar-refractivity contribution in [3.63, 3.8) is 0 Å². The normalized spacial score (nSPS) is 11.6. The predicted molar refractivity (Wildman–Crippen MR) is 110 cm³/mol. The summed E-state index contributed by atoms with van der Waals surface area (Å²) in [6.45, 7) is 7.41. The Bertz CT molecular complexity index is 848. The molecule has 0 aliphatic heterocycles. The number of carbonyl (C=O) groups is 3. The molecule has 9 heteroatoms. The van der Waals surface area contributed by atoms with Gasteiger partial charge in [-0.1, -0.05) is 13.8 Å². The van der Waals surface area contributed by atoms with Gasteiger partial charge in [0.2, 0.25) is 5.91 Å². The van der Waals surface area contributed by atoms with Crippen molar-refractivity contribution in [1.29, 1.82) is 0 Å². The number of hydrogen-bond acceptors (Lipinski definition) is 7. The Morgan fingerprint density at radius 1 is 1.17 bits per heavy atom. The highest BCUT2D eigenvalue weighted by Crippen LogP contribution is 2.17. The summed E-state index contributed by atoms with van der Waals surface area (Å²) in [6, 6.07) is 5.89. The summed E-state index contributed by atoms with van der Waals surface area (Å²) in [7, 11) is 0. The summed E-state index contributed by atoms with van der Waals surface area (Å²) in [5, 5.41) is 7.43. The molecule has 8 nitrogen and oxygen atoms in total. The van der Waals surface area contributed by atoms with Gasteiger partial charge in [-0.2, -0.15) is 0 Å². The Morgan fingerprint density at radius 3 is 2.45 bits per heavy atom. The van der Waals surface area contributed by atoms with Crippen LogP contribution in [0.25, 0.3) is 0 Å². The van der Waals surface area contributed by atoms with E-state index in [0.717, 1.165) is 0 Å². The minimum Gasteiger partial charge on any atom is -0.494 e. The van der Waals surface area contributed by atoms with Gasteiger partial charge in [-0.15, -0.1) is 11.3 Å². The molecule has 0 bridgehead atoms. The Labute approximate surface area is 173 Å². The van der Waals surface area contributed by atoms with Crippen LogP contribution < -0.4 is 15.4 Å². The Morgan fingerprint density at radius 2 is 1.86 bits per heavy atom. The maximum absolute atomic E-state index is 12.5. The van der Waals surface area contributed by atoms with E-state index in [9.17, 15) is 14.4 Å². The van der Waals surface area contributed by atoms with Crippen molar-refractivity contribution < 1.29 is 23.9 Å². The Balaban J connectivity index is 1.95. The first-order chi connectivity index (χ1) is 13.8. The number of benzene rings is 1. The fraction of sp³-hybridized carbons (Fsp3) is 0.400. The molecule has 0 aliphatic rings. The SMILES string of the molecule is CCOc1ccc(C(=O)N[C@H](C(=O)OCc2csc(NC(C)=O)n2)C(C)C)cc1. The standard InChI is InChI=1S/C20H25N3O5S/c1-5-27-16-8-6-14(7-9-16)18(25)23-17(12(2)3)19(26)28-10-15-11-29-20(22-15)21-13(4)24/h6-9,11-12,17H,5,10H2,1-4H3,(H,23,25)(H,21,22,24)/t17-/m0/s1. The highest BCUT2D eigenvalue weighted by molar-refractivity contribution is 7.13. The molecule has 2 N–H and O–H groups in total. The summed E-state index contributed by atoms with van der Waals surface area (Å²) in [5.74, 6) is -0.635. The fourth-order valence-electron chi connectivity index (χ4n) is 2.41. The second-order valence-electron chi connectivity index (χ2n) is 6.59. The number of aromatic nitrogens is 1. The number of anilines is 1. The number of carbonyl (C=O) groups excluding carboxylic acids is 3. The third-order valence-electron chi connectivity index (χ3n) is 3.83. The van der Waals surface area contributed by atoms with E-state index in [1.165, 1.54) is 18.3 Å². The minimum absolute atomic E-state index is 0.0446. The fourth-order valence-corrected chi connectivity index (χ4v) is 3.15. The predicted octanol–water partition coefficient (Wildman–Crippen LogP) is 3.00. The largest absolute Gasteiger partial charge is 0.494 e. The lowest BCUT2D eigenvalue weighted by Crippen LogP contribution is -2.45. The molecule has 2 aromatic rings. The number of hydrogen-bond donors (Lipinski definition) is 2. The maximum atomic E-state index is 12.5. The van der Waals surface area contributed by atoms with Gasteiger partial charge in [0.05, 0.1) is 12.3 Å². The van der Waals surface area contributed by atoms with Crippen LogP contribution in [-0.4, -0.2) is 35.4 Å². The molecule has 0 unspecified atom stereocenters. The first-order valence-corrected chi connectivity index (χ1v) is 10.1. The zero-order valence-corrected chi connectivity index (χ0v) is 17.7. The van der Waals surface area contributed by atoms with E-state index < -0.39 is 12.0 Å². The average molecular weight is 420 g/mol. The molecule has 2 amide bonds. The summed E-state index contributed by atoms with van der Waals surface area (Å²) in [5.41, 5.74) is 0.943. The average Bonchev–Trinajstić information content (AvgIpc) is 3.11. The Hall–Kier alpha value is -2.94. The smallest absolute Gasteiger partial charge is 0.329 e. The monoisotopic (exact) mass is 419 g/mol. The van der Waals surface area contributed by atoms with Gasteiger partial charge in [0, 0.05) is 17.9 Å². The van der Waals surface area contributed by atoms with Gasteiger partial charge < -0.3 is 20.1 Å². The van der Waals surface area contributed by atoms with Gasteiger partial charge in [0.1, 0.15) is 18.4 Å². The number of nitrogens with zero attached hydrogens (tertiary/aromatic N) is 1. The van der Waals surface area contributed by atoms with Crippen molar-refractivity contribution in [1.82, 2.24) is 10.3 Å². The molecule has 1 aromatic carbocycles. The second-order valence-corrected chi connectivity index (χ2v) is 7.44. The van der Waals surface area contributed by atoms with E-state index in [0.29, 0.717) is 28.7 Å². The van der Waals surface area contributed by atoms with E-state index in [1.54, 1.807) is 29.6 Å². The van der Waals surface area contributed by atoms with Crippen LogP contribution in [0.4, 0.5) is 5.13 Å². The quantitative estimate of drug-likeness (QED) is 0.605. The summed E-state index contributed by atoms with van der Waals surface area (Å²) < 4.78 is 10.7. The number of ether oxygens (including phenoxy) is 2. The van der Waals surface area contributed by atoms with Crippen molar-refractivity contribution in [2.45, 2.75) is 40.3 Å². The molecule has 1 aromatic heterocycles. The lowest BCUT2D eigenvalue weighted by Gasteiger charge is -2.20. The van der Waals surface area contributed by atoms with Gasteiger partial charge >= 0.3 is 5.97 Å². The highest BCUT2D eigenvalue weighted by Gasteiger charge is 2.26. The van der Waals surface area contributed by atoms with Crippen LogP contribution in [-0.2, 0) is 20.9 Å². The van der Waals surface area contributed by atoms with E-state index in [2.05, 4.69) is 15.6 Å². The zero-order chi connectivity index (χ0) is 21.4. The summed E-state index contributed by atoms with van der Waals surface area (Å²) in [4.78, 5) is 40.2. The van der Waals surface area contributed by atoms with Gasteiger partial charge in [-0.05, 0) is 37.1 Å². The molecule has 0 aliphatic carbocycles. The van der Waals surface area contributed by atoms with E-state index in [-0.39, 0.29) is 24.3 Å². The molecule has 0 radical (unpaired) electrons. The van der Waals surface area contributed by atoms with Gasteiger partial charge in [-0.3, -0.25) is 9.59 Å². The molecule has 29 heavy (non-hydrogen) atoms. The van der Waals surface area contributed by atoms with E-state index in [1.807, 2.05) is 20.8 Å². The molecule has 156 valence electrons. The first-order valence-electron chi connectivity index (χ1n) is 9.22. The van der Waals surface area contributed by atoms with Gasteiger partial charge in [0.15, 0.2) is 5.13 Å². The van der Waals surface area contributed by atoms with Crippen LogP contribution in [0.15, 0.2) is 29.6 Å². The van der Waals surface area contributed by atoms with Crippen LogP contribution in [0.3, 0.4) is 0 Å². The molecule has 0 fully saturated rings. The molecule has 0 saturated heterocycles. The molecule has 2 rings (SSSR count). The van der Waals surface area contributed by atoms with Crippen molar-refractivity contribution in [3.05, 3.63) is 40.9 Å². The Kier molecular flexibility index (Phi) is 8.14. The number of amides is 2. The third kappa shape index (κ3) is 6.86. The molecule has 1 heterocycles. The van der Waals surface area contributed by atoms with E-state index >= 15 is 0 Å². The lowest BCUT2D eigenvalue weighted by molar-refractivity contribution is -0.148. The lowest BCUT2D eigenvalue weighted by atomic mass is 10.0. The summed E-state index contributed by atoms with van der Waals surface area (Å²) in [6.07, 6.45) is 0. The van der Waals surface area contributed by atoms with Crippen molar-refractivity contribution in [2.75, 3.05) is 11.9 Å². The first kappa shape index (κ1) is 22.4. The second kappa shape index (κ2) is 10.6. The molecular weight excluding hydrogens is 394 g/mol. The van der Waals surface area contributed by atoms with Crippen LogP contribution >= 0.6 is 11.3 Å². The molecule has 0 saturated carbocycles. The minimum atomic E-state index is -0.803. The van der Waals surface area contributed by atoms with Gasteiger partial charge in [-0.25, -0.2) is 9.78 Å². The molecular formula is C20H25N3O5S. The van der Waals surface area contributed by atoms with Crippen molar-refractivity contribution >= 4 is 34.3 Å². The van der Waals surface area contributed by atoms with Crippen LogP contribution in [0.2, 0.25) is 0 Å². The third-order valence-corrected chi connectivity index (χ3v) is 4.64. The number of thiazole rings is 1. The van der Waals surface area contributed by atoms with Crippen molar-refractivity contribution in [3.8, 4) is 5.75 Å². The number of esters is 1. The number of nitrogens with one attached hydrogen (secondary N) is 2. The van der Waals surface area contributed by atoms with Gasteiger partial charge in [0.25, 0.3) is 5.91 Å². The van der Waals surface area contributed by atoms with Crippen molar-refractivity contribution in [2.24, 2.45) is 5.92 Å². The summed E-state index contributed by atoms with van der Waals surface area (Å²) >= 11 is 1.24. The zero-order valence-electron chi connectivity index (χ0n) is 16.9. The van der Waals surface area contributed by atoms with Crippen LogP contribution in [0, 0.1) is 5.92 Å². The molecule has 0 spiro atoms. The number of rotatable bonds is 9. The topological polar surface area (TPSA) is 107 Å². The highest BCUT2D eigenvalue weighted by atomic mass is 32.1. The van der Waals surface area contributed by atoms with E-state index in [4.69, 9.17) is 9.47 Å².